The van der Waals surface area contributed by atoms with Gasteiger partial charge in [-0.25, -0.2) is 0 Å². The van der Waals surface area contributed by atoms with E-state index in [1.54, 1.807) is 6.08 Å². The van der Waals surface area contributed by atoms with E-state index >= 15 is 0 Å². The van der Waals surface area contributed by atoms with Crippen LogP contribution in [0.25, 0.3) is 0 Å². The molecule has 0 radical (unpaired) electrons. The SMILES string of the molecule is C=C/C=C\C=C/CCCN. The lowest BCUT2D eigenvalue weighted by Crippen LogP contribution is -1.96. The molecule has 0 spiro atoms. The molecule has 0 unspecified atom stereocenters. The van der Waals surface area contributed by atoms with Gasteiger partial charge in [0.15, 0.2) is 0 Å². The van der Waals surface area contributed by atoms with Crippen LogP contribution in [0, 0.1) is 0 Å². The highest BCUT2D eigenvalue weighted by Crippen LogP contribution is 1.88. The fourth-order valence-electron chi connectivity index (χ4n) is 0.553. The normalized spacial score (nSPS) is 11.3. The van der Waals surface area contributed by atoms with Gasteiger partial charge in [-0.2, -0.15) is 0 Å². The molecule has 0 heterocycles. The van der Waals surface area contributed by atoms with E-state index in [2.05, 4.69) is 12.7 Å². The van der Waals surface area contributed by atoms with Gasteiger partial charge in [-0.3, -0.25) is 0 Å². The molecule has 0 aromatic carbocycles. The fraction of sp³-hybridized carbons (Fsp3) is 0.333. The van der Waals surface area contributed by atoms with Gasteiger partial charge in [0.05, 0.1) is 0 Å². The summed E-state index contributed by atoms with van der Waals surface area (Å²) in [6.45, 7) is 4.33. The minimum atomic E-state index is 0.773. The van der Waals surface area contributed by atoms with Crippen molar-refractivity contribution in [2.75, 3.05) is 6.54 Å². The Hall–Kier alpha value is -0.820. The molecule has 0 saturated heterocycles. The summed E-state index contributed by atoms with van der Waals surface area (Å²) in [6.07, 6.45) is 11.9. The van der Waals surface area contributed by atoms with Crippen molar-refractivity contribution in [3.63, 3.8) is 0 Å². The summed E-state index contributed by atoms with van der Waals surface area (Å²) < 4.78 is 0. The summed E-state index contributed by atoms with van der Waals surface area (Å²) in [6, 6.07) is 0. The number of nitrogens with two attached hydrogens (primary N) is 1. The molecule has 0 amide bonds. The summed E-state index contributed by atoms with van der Waals surface area (Å²) in [4.78, 5) is 0. The highest BCUT2D eigenvalue weighted by atomic mass is 14.5. The van der Waals surface area contributed by atoms with Gasteiger partial charge in [0.2, 0.25) is 0 Å². The van der Waals surface area contributed by atoms with Crippen LogP contribution in [-0.4, -0.2) is 6.54 Å². The molecule has 0 aromatic rings. The maximum Gasteiger partial charge on any atom is -0.00743 e. The summed E-state index contributed by atoms with van der Waals surface area (Å²) in [5.41, 5.74) is 5.30. The highest BCUT2D eigenvalue weighted by molar-refractivity contribution is 5.08. The number of hydrogen-bond acceptors (Lipinski definition) is 1. The van der Waals surface area contributed by atoms with E-state index in [0.29, 0.717) is 0 Å². The van der Waals surface area contributed by atoms with Crippen molar-refractivity contribution < 1.29 is 0 Å². The van der Waals surface area contributed by atoms with E-state index in [-0.39, 0.29) is 0 Å². The van der Waals surface area contributed by atoms with Gasteiger partial charge < -0.3 is 5.73 Å². The largest absolute Gasteiger partial charge is 0.330 e. The molecular weight excluding hydrogens is 122 g/mol. The fourth-order valence-corrected chi connectivity index (χ4v) is 0.553. The topological polar surface area (TPSA) is 26.0 Å². The van der Waals surface area contributed by atoms with Crippen LogP contribution in [0.4, 0.5) is 0 Å². The average Bonchev–Trinajstić information content (AvgIpc) is 1.97. The molecule has 0 saturated carbocycles. The Balaban J connectivity index is 3.19. The second-order valence-electron chi connectivity index (χ2n) is 1.98. The van der Waals surface area contributed by atoms with E-state index in [1.165, 1.54) is 0 Å². The van der Waals surface area contributed by atoms with Gasteiger partial charge >= 0.3 is 0 Å². The molecule has 0 atom stereocenters. The summed E-state index contributed by atoms with van der Waals surface area (Å²) in [5.74, 6) is 0. The van der Waals surface area contributed by atoms with Crippen molar-refractivity contribution in [1.82, 2.24) is 0 Å². The summed E-state index contributed by atoms with van der Waals surface area (Å²) >= 11 is 0. The predicted molar refractivity (Wildman–Crippen MR) is 46.8 cm³/mol. The van der Waals surface area contributed by atoms with Gasteiger partial charge in [-0.1, -0.05) is 37.0 Å². The van der Waals surface area contributed by atoms with Crippen LogP contribution in [0.1, 0.15) is 12.8 Å². The first kappa shape index (κ1) is 9.18. The summed E-state index contributed by atoms with van der Waals surface area (Å²) in [5, 5.41) is 0. The summed E-state index contributed by atoms with van der Waals surface area (Å²) in [7, 11) is 0. The Morgan fingerprint density at radius 2 is 2.00 bits per heavy atom. The van der Waals surface area contributed by atoms with E-state index in [1.807, 2.05) is 18.2 Å². The lowest BCUT2D eigenvalue weighted by Gasteiger charge is -1.85. The number of rotatable bonds is 5. The lowest BCUT2D eigenvalue weighted by atomic mass is 10.3. The molecule has 1 nitrogen and oxygen atoms in total. The van der Waals surface area contributed by atoms with E-state index < -0.39 is 0 Å². The van der Waals surface area contributed by atoms with Crippen LogP contribution in [0.15, 0.2) is 37.0 Å². The number of hydrogen-bond donors (Lipinski definition) is 1. The predicted octanol–water partition coefficient (Wildman–Crippen LogP) is 2.02. The second kappa shape index (κ2) is 8.18. The van der Waals surface area contributed by atoms with Gasteiger partial charge in [-0.15, -0.1) is 0 Å². The highest BCUT2D eigenvalue weighted by Gasteiger charge is 1.74. The monoisotopic (exact) mass is 137 g/mol. The van der Waals surface area contributed by atoms with E-state index in [9.17, 15) is 0 Å². The number of unbranched alkanes of at least 4 members (excludes halogenated alkanes) is 1. The second-order valence-corrected chi connectivity index (χ2v) is 1.98. The Labute approximate surface area is 62.9 Å². The van der Waals surface area contributed by atoms with Crippen LogP contribution in [0.5, 0.6) is 0 Å². The lowest BCUT2D eigenvalue weighted by molar-refractivity contribution is 0.855. The molecule has 2 N–H and O–H groups in total. The Kier molecular flexibility index (Phi) is 7.51. The maximum atomic E-state index is 5.30. The third-order valence-electron chi connectivity index (χ3n) is 1.07. The number of allylic oxidation sites excluding steroid dienone is 5. The molecule has 0 aromatic heterocycles. The van der Waals surface area contributed by atoms with Crippen LogP contribution >= 0.6 is 0 Å². The van der Waals surface area contributed by atoms with Crippen molar-refractivity contribution in [3.05, 3.63) is 37.0 Å². The minimum absolute atomic E-state index is 0.773. The van der Waals surface area contributed by atoms with Crippen LogP contribution in [-0.2, 0) is 0 Å². The third-order valence-corrected chi connectivity index (χ3v) is 1.07. The molecule has 0 aliphatic carbocycles. The zero-order valence-corrected chi connectivity index (χ0v) is 6.29. The smallest absolute Gasteiger partial charge is 0.00743 e. The van der Waals surface area contributed by atoms with Crippen molar-refractivity contribution >= 4 is 0 Å². The molecule has 0 aliphatic rings. The van der Waals surface area contributed by atoms with Gasteiger partial charge in [0.1, 0.15) is 0 Å². The zero-order chi connectivity index (χ0) is 7.66. The minimum Gasteiger partial charge on any atom is -0.330 e. The molecule has 0 fully saturated rings. The molecule has 56 valence electrons. The van der Waals surface area contributed by atoms with Crippen molar-refractivity contribution in [3.8, 4) is 0 Å². The molecule has 10 heavy (non-hydrogen) atoms. The Morgan fingerprint density at radius 1 is 1.20 bits per heavy atom. The van der Waals surface area contributed by atoms with Gasteiger partial charge in [-0.05, 0) is 19.4 Å². The maximum absolute atomic E-state index is 5.30. The van der Waals surface area contributed by atoms with Crippen LogP contribution in [0.2, 0.25) is 0 Å². The zero-order valence-electron chi connectivity index (χ0n) is 6.29. The van der Waals surface area contributed by atoms with Crippen molar-refractivity contribution in [1.29, 1.82) is 0 Å². The van der Waals surface area contributed by atoms with E-state index in [0.717, 1.165) is 19.4 Å². The Morgan fingerprint density at radius 3 is 2.60 bits per heavy atom. The van der Waals surface area contributed by atoms with E-state index in [4.69, 9.17) is 5.73 Å². The first-order valence-electron chi connectivity index (χ1n) is 3.56. The standard InChI is InChI=1S/C9H15N/c1-2-3-4-5-6-7-8-9-10/h2-6H,1,7-10H2/b4-3-,6-5-. The van der Waals surface area contributed by atoms with Gasteiger partial charge in [0, 0.05) is 0 Å². The Bertz CT molecular complexity index is 123. The molecule has 0 aliphatic heterocycles. The van der Waals surface area contributed by atoms with Crippen molar-refractivity contribution in [2.45, 2.75) is 12.8 Å². The van der Waals surface area contributed by atoms with Crippen LogP contribution in [0.3, 0.4) is 0 Å². The average molecular weight is 137 g/mol. The first-order valence-corrected chi connectivity index (χ1v) is 3.56. The quantitative estimate of drug-likeness (QED) is 0.455. The molecule has 0 rings (SSSR count). The molecule has 0 bridgehead atoms. The first-order chi connectivity index (χ1) is 4.91. The van der Waals surface area contributed by atoms with Crippen molar-refractivity contribution in [2.24, 2.45) is 5.73 Å². The van der Waals surface area contributed by atoms with Gasteiger partial charge in [0.25, 0.3) is 0 Å². The van der Waals surface area contributed by atoms with Crippen LogP contribution < -0.4 is 5.73 Å². The third kappa shape index (κ3) is 7.18. The molecule has 1 heteroatoms. The molecular formula is C9H15N.